The van der Waals surface area contributed by atoms with E-state index in [0.29, 0.717) is 0 Å². The zero-order valence-electron chi connectivity index (χ0n) is 30.7. The van der Waals surface area contributed by atoms with E-state index in [1.165, 1.54) is 72.0 Å². The zero-order valence-corrected chi connectivity index (χ0v) is 30.7. The largest absolute Gasteiger partial charge is 0.374 e. The molecule has 0 radical (unpaired) electrons. The Kier molecular flexibility index (Phi) is 7.56. The van der Waals surface area contributed by atoms with Gasteiger partial charge in [-0.2, -0.15) is 0 Å². The maximum atomic E-state index is 3.89. The highest BCUT2D eigenvalue weighted by Gasteiger charge is 2.28. The number of dihydropyridines is 1. The summed E-state index contributed by atoms with van der Waals surface area (Å²) in [5.41, 5.74) is 17.7. The number of para-hydroxylation sites is 3. The summed E-state index contributed by atoms with van der Waals surface area (Å²) in [6.07, 6.45) is 4.64. The summed E-state index contributed by atoms with van der Waals surface area (Å²) in [5, 5.41) is 6.36. The minimum Gasteiger partial charge on any atom is -0.374 e. The minimum absolute atomic E-state index is 0.0312. The van der Waals surface area contributed by atoms with Crippen LogP contribution in [-0.2, 0) is 0 Å². The van der Waals surface area contributed by atoms with Gasteiger partial charge in [0.15, 0.2) is 0 Å². The SMILES string of the molecule is C1=C(c2ccccc2)C=C(c2ccccc2)NC1c1cccc(-n2c3ccccc3c3cc4c(cc32)N(c2ccccc2)c2ccccc2-c2ccccc2-4)c1. The molecule has 1 atom stereocenters. The highest BCUT2D eigenvalue weighted by molar-refractivity contribution is 6.14. The van der Waals surface area contributed by atoms with E-state index in [1.54, 1.807) is 0 Å². The topological polar surface area (TPSA) is 20.2 Å². The number of hydrogen-bond acceptors (Lipinski definition) is 2. The van der Waals surface area contributed by atoms with Crippen molar-refractivity contribution in [1.82, 2.24) is 9.88 Å². The van der Waals surface area contributed by atoms with Gasteiger partial charge in [0.05, 0.1) is 28.5 Å². The predicted octanol–water partition coefficient (Wildman–Crippen LogP) is 13.7. The molecule has 0 fully saturated rings. The molecule has 0 bridgehead atoms. The number of hydrogen-bond donors (Lipinski definition) is 1. The third-order valence-electron chi connectivity index (χ3n) is 11.3. The number of nitrogens with zero attached hydrogens (tertiary/aromatic N) is 2. The zero-order chi connectivity index (χ0) is 37.0. The first-order valence-corrected chi connectivity index (χ1v) is 19.3. The summed E-state index contributed by atoms with van der Waals surface area (Å²) in [6.45, 7) is 0. The lowest BCUT2D eigenvalue weighted by atomic mass is 9.93. The Morgan fingerprint density at radius 1 is 0.411 bits per heavy atom. The second-order valence-electron chi connectivity index (χ2n) is 14.6. The predicted molar refractivity (Wildman–Crippen MR) is 235 cm³/mol. The summed E-state index contributed by atoms with van der Waals surface area (Å²) in [4.78, 5) is 2.45. The van der Waals surface area contributed by atoms with Crippen LogP contribution in [0, 0.1) is 0 Å². The van der Waals surface area contributed by atoms with E-state index in [0.717, 1.165) is 22.8 Å². The molecule has 1 unspecified atom stereocenters. The molecule has 264 valence electrons. The van der Waals surface area contributed by atoms with Gasteiger partial charge in [0.25, 0.3) is 0 Å². The normalized spacial score (nSPS) is 14.6. The van der Waals surface area contributed by atoms with Gasteiger partial charge >= 0.3 is 0 Å². The molecule has 8 aromatic carbocycles. The third kappa shape index (κ3) is 5.28. The Morgan fingerprint density at radius 3 is 1.82 bits per heavy atom. The fourth-order valence-corrected chi connectivity index (χ4v) is 8.78. The minimum atomic E-state index is -0.0312. The van der Waals surface area contributed by atoms with Crippen LogP contribution in [0.5, 0.6) is 0 Å². The molecule has 3 heteroatoms. The lowest BCUT2D eigenvalue weighted by molar-refractivity contribution is 0.766. The van der Waals surface area contributed by atoms with Crippen LogP contribution >= 0.6 is 0 Å². The van der Waals surface area contributed by atoms with Crippen LogP contribution in [0.15, 0.2) is 212 Å². The summed E-state index contributed by atoms with van der Waals surface area (Å²) in [5.74, 6) is 0. The van der Waals surface area contributed by atoms with Crippen molar-refractivity contribution in [2.45, 2.75) is 6.04 Å². The van der Waals surface area contributed by atoms with E-state index in [4.69, 9.17) is 0 Å². The molecule has 1 aromatic heterocycles. The van der Waals surface area contributed by atoms with Crippen LogP contribution in [0.2, 0.25) is 0 Å². The van der Waals surface area contributed by atoms with Crippen LogP contribution in [0.3, 0.4) is 0 Å². The highest BCUT2D eigenvalue weighted by Crippen LogP contribution is 2.52. The fourth-order valence-electron chi connectivity index (χ4n) is 8.78. The monoisotopic (exact) mass is 715 g/mol. The molecular weight excluding hydrogens is 679 g/mol. The van der Waals surface area contributed by atoms with Gasteiger partial charge in [-0.25, -0.2) is 0 Å². The third-order valence-corrected chi connectivity index (χ3v) is 11.3. The summed E-state index contributed by atoms with van der Waals surface area (Å²) < 4.78 is 2.46. The van der Waals surface area contributed by atoms with Gasteiger partial charge in [0.1, 0.15) is 0 Å². The van der Waals surface area contributed by atoms with Gasteiger partial charge in [0, 0.05) is 39.0 Å². The van der Waals surface area contributed by atoms with Crippen molar-refractivity contribution in [3.8, 4) is 27.9 Å². The summed E-state index contributed by atoms with van der Waals surface area (Å²) >= 11 is 0. The lowest BCUT2D eigenvalue weighted by Gasteiger charge is -2.27. The van der Waals surface area contributed by atoms with Crippen molar-refractivity contribution < 1.29 is 0 Å². The molecule has 0 spiro atoms. The second-order valence-corrected chi connectivity index (χ2v) is 14.6. The first-order chi connectivity index (χ1) is 27.8. The molecule has 56 heavy (non-hydrogen) atoms. The van der Waals surface area contributed by atoms with Crippen LogP contribution in [-0.4, -0.2) is 4.57 Å². The maximum absolute atomic E-state index is 3.89. The van der Waals surface area contributed by atoms with Gasteiger partial charge in [-0.05, 0) is 94.1 Å². The van der Waals surface area contributed by atoms with Crippen molar-refractivity contribution in [2.24, 2.45) is 0 Å². The Bertz CT molecular complexity index is 2990. The first kappa shape index (κ1) is 32.1. The Balaban J connectivity index is 1.13. The summed E-state index contributed by atoms with van der Waals surface area (Å²) in [6, 6.07) is 72.5. The number of aromatic nitrogens is 1. The van der Waals surface area contributed by atoms with Gasteiger partial charge in [-0.3, -0.25) is 0 Å². The molecule has 11 rings (SSSR count). The second kappa shape index (κ2) is 13.2. The molecule has 0 aliphatic carbocycles. The van der Waals surface area contributed by atoms with E-state index in [2.05, 4.69) is 227 Å². The van der Waals surface area contributed by atoms with Crippen LogP contribution < -0.4 is 10.2 Å². The number of fused-ring (bicyclic) bond motifs is 8. The van der Waals surface area contributed by atoms with E-state index in [-0.39, 0.29) is 6.04 Å². The molecule has 2 aliphatic rings. The number of anilines is 3. The van der Waals surface area contributed by atoms with Gasteiger partial charge in [0.2, 0.25) is 0 Å². The molecule has 0 amide bonds. The standard InChI is InChI=1S/C53H37N3/c1-4-17-36(18-5-1)39-32-48(37-19-6-2-7-20-37)54-49(33-39)38-21-16-24-41(31-38)56-51-30-15-13-28-45(51)47-34-46-43-26-11-10-25-42(43)44-27-12-14-29-50(44)55(52(46)35-53(47)56)40-22-8-3-9-23-40/h1-35,49,54H. The smallest absolute Gasteiger partial charge is 0.0707 e. The molecule has 3 heterocycles. The number of benzene rings is 8. The van der Waals surface area contributed by atoms with Crippen molar-refractivity contribution in [3.63, 3.8) is 0 Å². The van der Waals surface area contributed by atoms with Crippen LogP contribution in [0.4, 0.5) is 17.1 Å². The lowest BCUT2D eigenvalue weighted by Crippen LogP contribution is -2.22. The molecule has 2 aliphatic heterocycles. The van der Waals surface area contributed by atoms with E-state index in [1.807, 2.05) is 0 Å². The number of rotatable bonds is 5. The molecular formula is C53H37N3. The number of nitrogens with one attached hydrogen (secondary N) is 1. The summed E-state index contributed by atoms with van der Waals surface area (Å²) in [7, 11) is 0. The number of allylic oxidation sites excluding steroid dienone is 2. The molecule has 0 saturated carbocycles. The first-order valence-electron chi connectivity index (χ1n) is 19.3. The maximum Gasteiger partial charge on any atom is 0.0707 e. The van der Waals surface area contributed by atoms with Crippen molar-refractivity contribution in [2.75, 3.05) is 4.90 Å². The van der Waals surface area contributed by atoms with Gasteiger partial charge in [-0.15, -0.1) is 0 Å². The molecule has 0 saturated heterocycles. The Labute approximate surface area is 326 Å². The Hall–Kier alpha value is -7.36. The van der Waals surface area contributed by atoms with Gasteiger partial charge < -0.3 is 14.8 Å². The van der Waals surface area contributed by atoms with Crippen molar-refractivity contribution in [3.05, 3.63) is 229 Å². The average Bonchev–Trinajstić information content (AvgIpc) is 3.54. The van der Waals surface area contributed by atoms with Crippen LogP contribution in [0.1, 0.15) is 22.7 Å². The van der Waals surface area contributed by atoms with E-state index in [9.17, 15) is 0 Å². The quantitative estimate of drug-likeness (QED) is 0.191. The van der Waals surface area contributed by atoms with Crippen molar-refractivity contribution in [1.29, 1.82) is 0 Å². The Morgan fingerprint density at radius 2 is 1.04 bits per heavy atom. The van der Waals surface area contributed by atoms with E-state index >= 15 is 0 Å². The van der Waals surface area contributed by atoms with E-state index < -0.39 is 0 Å². The molecule has 3 nitrogen and oxygen atoms in total. The van der Waals surface area contributed by atoms with Crippen LogP contribution in [0.25, 0.3) is 61.0 Å². The van der Waals surface area contributed by atoms with Crippen molar-refractivity contribution >= 4 is 50.1 Å². The average molecular weight is 716 g/mol. The molecule has 1 N–H and O–H groups in total. The fraction of sp³-hybridized carbons (Fsp3) is 0.0189. The molecule has 9 aromatic rings. The highest BCUT2D eigenvalue weighted by atomic mass is 15.2. The van der Waals surface area contributed by atoms with Gasteiger partial charge in [-0.1, -0.05) is 152 Å².